The predicted molar refractivity (Wildman–Crippen MR) is 115 cm³/mol. The van der Waals surface area contributed by atoms with Crippen molar-refractivity contribution in [1.82, 2.24) is 19.7 Å². The first-order valence-corrected chi connectivity index (χ1v) is 10.7. The number of hydrogen-bond donors (Lipinski definition) is 0. The third-order valence-electron chi connectivity index (χ3n) is 5.73. The Labute approximate surface area is 196 Å². The highest BCUT2D eigenvalue weighted by atomic mass is 19.4. The van der Waals surface area contributed by atoms with Crippen LogP contribution >= 0.6 is 0 Å². The molecule has 0 bridgehead atoms. The third kappa shape index (κ3) is 5.25. The summed E-state index contributed by atoms with van der Waals surface area (Å²) in [6, 6.07) is 8.45. The number of nitrogens with zero attached hydrogens (tertiary/aromatic N) is 5. The van der Waals surface area contributed by atoms with Crippen molar-refractivity contribution >= 4 is 11.7 Å². The second-order valence-electron chi connectivity index (χ2n) is 8.19. The fraction of sp³-hybridized carbons (Fsp3) is 0.348. The van der Waals surface area contributed by atoms with Crippen molar-refractivity contribution in [2.75, 3.05) is 31.1 Å². The molecule has 0 spiro atoms. The summed E-state index contributed by atoms with van der Waals surface area (Å²) >= 11 is 0. The first-order valence-electron chi connectivity index (χ1n) is 10.7. The van der Waals surface area contributed by atoms with Crippen molar-refractivity contribution in [2.24, 2.45) is 0 Å². The Morgan fingerprint density at radius 2 is 1.57 bits per heavy atom. The SMILES string of the molecule is Cc1ccc(-n2ncc(C(=O)N3CCCN(c4ccc(C(F)(F)F)cn4)CC3)c2C(F)(F)F)cc1. The minimum Gasteiger partial charge on any atom is -0.355 e. The average Bonchev–Trinajstić information content (AvgIpc) is 3.11. The van der Waals surface area contributed by atoms with Crippen LogP contribution in [0, 0.1) is 6.92 Å². The van der Waals surface area contributed by atoms with Crippen molar-refractivity contribution in [2.45, 2.75) is 25.7 Å². The molecule has 4 rings (SSSR count). The minimum absolute atomic E-state index is 0.0779. The van der Waals surface area contributed by atoms with Gasteiger partial charge in [-0.2, -0.15) is 31.4 Å². The van der Waals surface area contributed by atoms with Crippen LogP contribution in [0.4, 0.5) is 32.2 Å². The standard InChI is InChI=1S/C23H21F6N5O/c1-15-3-6-17(7-4-15)34-20(23(27,28)29)18(14-31-34)21(35)33-10-2-9-32(11-12-33)19-8-5-16(13-30-19)22(24,25)26/h3-8,13-14H,2,9-12H2,1H3. The van der Waals surface area contributed by atoms with E-state index in [0.29, 0.717) is 23.5 Å². The predicted octanol–water partition coefficient (Wildman–Crippen LogP) is 4.97. The summed E-state index contributed by atoms with van der Waals surface area (Å²) in [4.78, 5) is 20.0. The molecule has 1 fully saturated rings. The van der Waals surface area contributed by atoms with Gasteiger partial charge >= 0.3 is 12.4 Å². The zero-order valence-electron chi connectivity index (χ0n) is 18.6. The lowest BCUT2D eigenvalue weighted by atomic mass is 10.2. The van der Waals surface area contributed by atoms with Gasteiger partial charge in [-0.25, -0.2) is 9.67 Å². The number of alkyl halides is 6. The summed E-state index contributed by atoms with van der Waals surface area (Å²) in [6.07, 6.45) is -7.27. The molecule has 6 nitrogen and oxygen atoms in total. The van der Waals surface area contributed by atoms with Crippen LogP contribution in [0.25, 0.3) is 5.69 Å². The molecule has 0 N–H and O–H groups in total. The molecular weight excluding hydrogens is 476 g/mol. The number of benzene rings is 1. The van der Waals surface area contributed by atoms with Gasteiger partial charge in [0.1, 0.15) is 5.82 Å². The van der Waals surface area contributed by atoms with Crippen LogP contribution in [0.3, 0.4) is 0 Å². The first kappa shape index (κ1) is 24.6. The van der Waals surface area contributed by atoms with E-state index in [4.69, 9.17) is 0 Å². The molecule has 0 saturated carbocycles. The molecule has 0 atom stereocenters. The number of rotatable bonds is 3. The quantitative estimate of drug-likeness (QED) is 0.480. The maximum Gasteiger partial charge on any atom is 0.434 e. The maximum absolute atomic E-state index is 14.0. The number of aryl methyl sites for hydroxylation is 1. The lowest BCUT2D eigenvalue weighted by Crippen LogP contribution is -2.36. The van der Waals surface area contributed by atoms with E-state index in [1.54, 1.807) is 24.0 Å². The van der Waals surface area contributed by atoms with Gasteiger partial charge in [-0.1, -0.05) is 17.7 Å². The third-order valence-corrected chi connectivity index (χ3v) is 5.73. The van der Waals surface area contributed by atoms with Crippen LogP contribution < -0.4 is 4.90 Å². The fourth-order valence-corrected chi connectivity index (χ4v) is 3.92. The van der Waals surface area contributed by atoms with Crippen LogP contribution in [-0.4, -0.2) is 51.8 Å². The average molecular weight is 497 g/mol. The summed E-state index contributed by atoms with van der Waals surface area (Å²) in [6.45, 7) is 2.65. The molecule has 0 radical (unpaired) electrons. The fourth-order valence-electron chi connectivity index (χ4n) is 3.92. The molecule has 0 aliphatic carbocycles. The summed E-state index contributed by atoms with van der Waals surface area (Å²) in [5.74, 6) is -0.506. The summed E-state index contributed by atoms with van der Waals surface area (Å²) < 4.78 is 81.0. The first-order chi connectivity index (χ1) is 16.4. The van der Waals surface area contributed by atoms with Crippen molar-refractivity contribution in [3.8, 4) is 5.69 Å². The monoisotopic (exact) mass is 497 g/mol. The van der Waals surface area contributed by atoms with E-state index < -0.39 is 35.1 Å². The molecule has 3 heterocycles. The van der Waals surface area contributed by atoms with Crippen LogP contribution in [0.5, 0.6) is 0 Å². The molecule has 0 unspecified atom stereocenters. The van der Waals surface area contributed by atoms with Gasteiger partial charge in [0.05, 0.1) is 23.0 Å². The van der Waals surface area contributed by atoms with E-state index in [9.17, 15) is 31.1 Å². The Balaban J connectivity index is 1.55. The molecule has 1 aliphatic heterocycles. The Morgan fingerprint density at radius 3 is 2.17 bits per heavy atom. The van der Waals surface area contributed by atoms with Gasteiger partial charge < -0.3 is 9.80 Å². The Bertz CT molecular complexity index is 1190. The van der Waals surface area contributed by atoms with Crippen molar-refractivity contribution in [3.05, 3.63) is 71.2 Å². The zero-order valence-corrected chi connectivity index (χ0v) is 18.6. The van der Waals surface area contributed by atoms with E-state index in [1.807, 2.05) is 0 Å². The highest BCUT2D eigenvalue weighted by Crippen LogP contribution is 2.34. The number of hydrogen-bond acceptors (Lipinski definition) is 4. The highest BCUT2D eigenvalue weighted by Gasteiger charge is 2.41. The van der Waals surface area contributed by atoms with E-state index in [0.717, 1.165) is 24.0 Å². The molecule has 2 aromatic heterocycles. The van der Waals surface area contributed by atoms with Crippen LogP contribution in [0.2, 0.25) is 0 Å². The van der Waals surface area contributed by atoms with Gasteiger partial charge in [0.15, 0.2) is 5.69 Å². The van der Waals surface area contributed by atoms with E-state index in [-0.39, 0.29) is 25.3 Å². The topological polar surface area (TPSA) is 54.3 Å². The molecule has 1 amide bonds. The molecule has 1 aliphatic rings. The molecular formula is C23H21F6N5O. The summed E-state index contributed by atoms with van der Waals surface area (Å²) in [5, 5.41) is 3.85. The maximum atomic E-state index is 14.0. The molecule has 35 heavy (non-hydrogen) atoms. The van der Waals surface area contributed by atoms with Gasteiger partial charge in [0, 0.05) is 32.4 Å². The van der Waals surface area contributed by atoms with Gasteiger partial charge in [-0.15, -0.1) is 0 Å². The molecule has 1 saturated heterocycles. The highest BCUT2D eigenvalue weighted by molar-refractivity contribution is 5.95. The summed E-state index contributed by atoms with van der Waals surface area (Å²) in [5.41, 5.74) is -1.55. The van der Waals surface area contributed by atoms with Crippen molar-refractivity contribution in [3.63, 3.8) is 0 Å². The number of halogens is 6. The van der Waals surface area contributed by atoms with Gasteiger partial charge in [0.2, 0.25) is 0 Å². The number of amides is 1. The number of carbonyl (C=O) groups is 1. The molecule has 186 valence electrons. The Kier molecular flexibility index (Phi) is 6.48. The Hall–Kier alpha value is -3.57. The lowest BCUT2D eigenvalue weighted by molar-refractivity contribution is -0.143. The second-order valence-corrected chi connectivity index (χ2v) is 8.19. The number of carbonyl (C=O) groups excluding carboxylic acids is 1. The number of pyridine rings is 1. The van der Waals surface area contributed by atoms with Crippen molar-refractivity contribution in [1.29, 1.82) is 0 Å². The largest absolute Gasteiger partial charge is 0.434 e. The zero-order chi connectivity index (χ0) is 25.4. The normalized spacial score (nSPS) is 15.3. The summed E-state index contributed by atoms with van der Waals surface area (Å²) in [7, 11) is 0. The van der Waals surface area contributed by atoms with Gasteiger partial charge in [0.25, 0.3) is 5.91 Å². The van der Waals surface area contributed by atoms with Crippen LogP contribution in [0.15, 0.2) is 48.8 Å². The van der Waals surface area contributed by atoms with Crippen LogP contribution in [0.1, 0.15) is 33.6 Å². The van der Waals surface area contributed by atoms with E-state index in [1.165, 1.54) is 23.1 Å². The van der Waals surface area contributed by atoms with E-state index >= 15 is 0 Å². The molecule has 12 heteroatoms. The smallest absolute Gasteiger partial charge is 0.355 e. The minimum atomic E-state index is -4.82. The van der Waals surface area contributed by atoms with Crippen molar-refractivity contribution < 1.29 is 31.1 Å². The van der Waals surface area contributed by atoms with Gasteiger partial charge in [-0.05, 0) is 37.6 Å². The van der Waals surface area contributed by atoms with E-state index in [2.05, 4.69) is 10.1 Å². The molecule has 1 aromatic carbocycles. The number of anilines is 1. The second kappa shape index (κ2) is 9.23. The Morgan fingerprint density at radius 1 is 0.857 bits per heavy atom. The molecule has 3 aromatic rings. The van der Waals surface area contributed by atoms with Crippen LogP contribution in [-0.2, 0) is 12.4 Å². The number of aromatic nitrogens is 3. The van der Waals surface area contributed by atoms with Gasteiger partial charge in [-0.3, -0.25) is 4.79 Å². The lowest BCUT2D eigenvalue weighted by Gasteiger charge is -2.23.